The summed E-state index contributed by atoms with van der Waals surface area (Å²) in [7, 11) is 2.03. The minimum Gasteiger partial charge on any atom is -0.378 e. The number of rotatable bonds is 5. The SMILES string of the molecule is CN(CCc1ccncc1)c1nccc(N2CCOCC2)n1. The second-order valence-electron chi connectivity index (χ2n) is 5.34. The van der Waals surface area contributed by atoms with Crippen LogP contribution in [0.2, 0.25) is 0 Å². The average Bonchev–Trinajstić information content (AvgIpc) is 2.61. The van der Waals surface area contributed by atoms with Crippen molar-refractivity contribution in [3.8, 4) is 0 Å². The molecular formula is C16H21N5O. The number of ether oxygens (including phenoxy) is 1. The Morgan fingerprint density at radius 1 is 1.14 bits per heavy atom. The van der Waals surface area contributed by atoms with Crippen LogP contribution in [0.25, 0.3) is 0 Å². The lowest BCUT2D eigenvalue weighted by Gasteiger charge is -2.28. The van der Waals surface area contributed by atoms with E-state index in [1.807, 2.05) is 43.8 Å². The third-order valence-electron chi connectivity index (χ3n) is 3.79. The first-order valence-corrected chi connectivity index (χ1v) is 7.59. The van der Waals surface area contributed by atoms with Gasteiger partial charge in [0, 0.05) is 45.3 Å². The summed E-state index contributed by atoms with van der Waals surface area (Å²) in [5.41, 5.74) is 1.27. The minimum atomic E-state index is 0.761. The fourth-order valence-corrected chi connectivity index (χ4v) is 2.44. The van der Waals surface area contributed by atoms with Crippen LogP contribution in [0.1, 0.15) is 5.56 Å². The van der Waals surface area contributed by atoms with Gasteiger partial charge in [-0.2, -0.15) is 4.98 Å². The van der Waals surface area contributed by atoms with Gasteiger partial charge in [-0.15, -0.1) is 0 Å². The molecule has 1 aliphatic rings. The van der Waals surface area contributed by atoms with Crippen molar-refractivity contribution in [1.29, 1.82) is 0 Å². The number of morpholine rings is 1. The maximum Gasteiger partial charge on any atom is 0.227 e. The van der Waals surface area contributed by atoms with Crippen molar-refractivity contribution in [1.82, 2.24) is 15.0 Å². The fraction of sp³-hybridized carbons (Fsp3) is 0.438. The molecule has 0 atom stereocenters. The van der Waals surface area contributed by atoms with Gasteiger partial charge in [-0.3, -0.25) is 4.98 Å². The molecule has 3 heterocycles. The second-order valence-corrected chi connectivity index (χ2v) is 5.34. The zero-order chi connectivity index (χ0) is 15.2. The number of hydrogen-bond donors (Lipinski definition) is 0. The number of anilines is 2. The Hall–Kier alpha value is -2.21. The number of nitrogens with zero attached hydrogens (tertiary/aromatic N) is 5. The van der Waals surface area contributed by atoms with Gasteiger partial charge in [0.2, 0.25) is 5.95 Å². The normalized spacial score (nSPS) is 14.9. The molecule has 0 spiro atoms. The van der Waals surface area contributed by atoms with Gasteiger partial charge in [0.05, 0.1) is 13.2 Å². The first-order valence-electron chi connectivity index (χ1n) is 7.59. The summed E-state index contributed by atoms with van der Waals surface area (Å²) in [6, 6.07) is 6.04. The van der Waals surface area contributed by atoms with E-state index in [1.54, 1.807) is 0 Å². The van der Waals surface area contributed by atoms with E-state index in [2.05, 4.69) is 24.8 Å². The molecule has 0 saturated carbocycles. The van der Waals surface area contributed by atoms with Gasteiger partial charge in [0.1, 0.15) is 5.82 Å². The van der Waals surface area contributed by atoms with Crippen LogP contribution in [-0.4, -0.2) is 54.8 Å². The van der Waals surface area contributed by atoms with Crippen molar-refractivity contribution in [2.45, 2.75) is 6.42 Å². The number of pyridine rings is 1. The van der Waals surface area contributed by atoms with Gasteiger partial charge in [-0.1, -0.05) is 0 Å². The Labute approximate surface area is 130 Å². The predicted octanol–water partition coefficient (Wildman–Crippen LogP) is 1.39. The summed E-state index contributed by atoms with van der Waals surface area (Å²) in [4.78, 5) is 17.4. The van der Waals surface area contributed by atoms with Gasteiger partial charge >= 0.3 is 0 Å². The van der Waals surface area contributed by atoms with Crippen molar-refractivity contribution < 1.29 is 4.74 Å². The third-order valence-corrected chi connectivity index (χ3v) is 3.79. The first kappa shape index (κ1) is 14.7. The number of hydrogen-bond acceptors (Lipinski definition) is 6. The Morgan fingerprint density at radius 2 is 1.91 bits per heavy atom. The lowest BCUT2D eigenvalue weighted by atomic mass is 10.2. The zero-order valence-corrected chi connectivity index (χ0v) is 12.9. The molecule has 1 fully saturated rings. The molecule has 0 unspecified atom stereocenters. The van der Waals surface area contributed by atoms with Gasteiger partial charge in [0.15, 0.2) is 0 Å². The van der Waals surface area contributed by atoms with E-state index >= 15 is 0 Å². The lowest BCUT2D eigenvalue weighted by Crippen LogP contribution is -2.37. The van der Waals surface area contributed by atoms with E-state index in [4.69, 9.17) is 4.74 Å². The first-order chi connectivity index (χ1) is 10.8. The molecule has 0 aromatic carbocycles. The Balaban J connectivity index is 1.63. The minimum absolute atomic E-state index is 0.761. The summed E-state index contributed by atoms with van der Waals surface area (Å²) in [6.07, 6.45) is 6.43. The molecule has 2 aromatic rings. The van der Waals surface area contributed by atoms with Crippen LogP contribution < -0.4 is 9.80 Å². The van der Waals surface area contributed by atoms with Gasteiger partial charge in [-0.05, 0) is 30.2 Å². The Kier molecular flexibility index (Phi) is 4.80. The van der Waals surface area contributed by atoms with Crippen LogP contribution in [0.4, 0.5) is 11.8 Å². The molecular weight excluding hydrogens is 278 g/mol. The summed E-state index contributed by atoms with van der Waals surface area (Å²) in [5, 5.41) is 0. The monoisotopic (exact) mass is 299 g/mol. The molecule has 0 N–H and O–H groups in total. The summed E-state index contributed by atoms with van der Waals surface area (Å²) >= 11 is 0. The molecule has 0 radical (unpaired) electrons. The van der Waals surface area contributed by atoms with Crippen molar-refractivity contribution in [3.63, 3.8) is 0 Å². The van der Waals surface area contributed by atoms with Gasteiger partial charge < -0.3 is 14.5 Å². The molecule has 1 aliphatic heterocycles. The van der Waals surface area contributed by atoms with E-state index in [1.165, 1.54) is 5.56 Å². The summed E-state index contributed by atoms with van der Waals surface area (Å²) in [6.45, 7) is 4.17. The molecule has 2 aromatic heterocycles. The van der Waals surface area contributed by atoms with Crippen molar-refractivity contribution >= 4 is 11.8 Å². The van der Waals surface area contributed by atoms with E-state index < -0.39 is 0 Å². The molecule has 116 valence electrons. The number of aromatic nitrogens is 3. The summed E-state index contributed by atoms with van der Waals surface area (Å²) in [5.74, 6) is 1.74. The van der Waals surface area contributed by atoms with Crippen LogP contribution in [0, 0.1) is 0 Å². The van der Waals surface area contributed by atoms with Crippen LogP contribution in [-0.2, 0) is 11.2 Å². The molecule has 22 heavy (non-hydrogen) atoms. The Bertz CT molecular complexity index is 586. The highest BCUT2D eigenvalue weighted by molar-refractivity contribution is 5.43. The molecule has 0 bridgehead atoms. The van der Waals surface area contributed by atoms with E-state index in [9.17, 15) is 0 Å². The molecule has 0 amide bonds. The van der Waals surface area contributed by atoms with Crippen LogP contribution in [0.5, 0.6) is 0 Å². The molecule has 1 saturated heterocycles. The van der Waals surface area contributed by atoms with Crippen molar-refractivity contribution in [2.24, 2.45) is 0 Å². The molecule has 3 rings (SSSR count). The molecule has 0 aliphatic carbocycles. The van der Waals surface area contributed by atoms with Crippen LogP contribution in [0.15, 0.2) is 36.8 Å². The lowest BCUT2D eigenvalue weighted by molar-refractivity contribution is 0.122. The second kappa shape index (κ2) is 7.17. The smallest absolute Gasteiger partial charge is 0.227 e. The maximum atomic E-state index is 5.39. The largest absolute Gasteiger partial charge is 0.378 e. The topological polar surface area (TPSA) is 54.4 Å². The van der Waals surface area contributed by atoms with Crippen molar-refractivity contribution in [3.05, 3.63) is 42.4 Å². The fourth-order valence-electron chi connectivity index (χ4n) is 2.44. The standard InChI is InChI=1S/C16H21N5O/c1-20(9-5-14-2-6-17-7-3-14)16-18-8-4-15(19-16)21-10-12-22-13-11-21/h2-4,6-8H,5,9-13H2,1H3. The summed E-state index contributed by atoms with van der Waals surface area (Å²) < 4.78 is 5.39. The van der Waals surface area contributed by atoms with Crippen LogP contribution in [0.3, 0.4) is 0 Å². The molecule has 6 heteroatoms. The van der Waals surface area contributed by atoms with Gasteiger partial charge in [-0.25, -0.2) is 4.98 Å². The quantitative estimate of drug-likeness (QED) is 0.831. The third kappa shape index (κ3) is 3.71. The molecule has 6 nitrogen and oxygen atoms in total. The van der Waals surface area contributed by atoms with E-state index in [0.717, 1.165) is 51.0 Å². The Morgan fingerprint density at radius 3 is 2.68 bits per heavy atom. The zero-order valence-electron chi connectivity index (χ0n) is 12.9. The predicted molar refractivity (Wildman–Crippen MR) is 86.3 cm³/mol. The van der Waals surface area contributed by atoms with Crippen molar-refractivity contribution in [2.75, 3.05) is 49.7 Å². The number of likely N-dealkylation sites (N-methyl/N-ethyl adjacent to an activating group) is 1. The highest BCUT2D eigenvalue weighted by atomic mass is 16.5. The maximum absolute atomic E-state index is 5.39. The van der Waals surface area contributed by atoms with E-state index in [-0.39, 0.29) is 0 Å². The van der Waals surface area contributed by atoms with E-state index in [0.29, 0.717) is 0 Å². The average molecular weight is 299 g/mol. The van der Waals surface area contributed by atoms with Crippen LogP contribution >= 0.6 is 0 Å². The van der Waals surface area contributed by atoms with Gasteiger partial charge in [0.25, 0.3) is 0 Å². The highest BCUT2D eigenvalue weighted by Crippen LogP contribution is 2.15. The highest BCUT2D eigenvalue weighted by Gasteiger charge is 2.14.